The van der Waals surface area contributed by atoms with Crippen molar-refractivity contribution in [2.45, 2.75) is 44.2 Å². The topological polar surface area (TPSA) is 37.3 Å². The molecule has 4 heteroatoms. The van der Waals surface area contributed by atoms with Crippen LogP contribution in [0.15, 0.2) is 24.5 Å². The Labute approximate surface area is 115 Å². The van der Waals surface area contributed by atoms with E-state index in [1.165, 1.54) is 25.7 Å². The molecular weight excluding hydrogens is 238 g/mol. The number of carbonyl (C=O) groups excluding carboxylic acids is 1. The first-order valence-electron chi connectivity index (χ1n) is 7.13. The third-order valence-corrected chi connectivity index (χ3v) is 4.53. The normalized spacial score (nSPS) is 19.6. The predicted molar refractivity (Wildman–Crippen MR) is 77.0 cm³/mol. The molecule has 0 aliphatic heterocycles. The summed E-state index contributed by atoms with van der Waals surface area (Å²) in [5, 5.41) is 3.13. The third-order valence-electron chi connectivity index (χ3n) is 4.53. The molecular formula is C15H25N3O. The quantitative estimate of drug-likeness (QED) is 0.882. The number of hydrogen-bond donors (Lipinski definition) is 1. The van der Waals surface area contributed by atoms with Gasteiger partial charge in [-0.1, -0.05) is 12.8 Å². The Kier molecular flexibility index (Phi) is 4.30. The zero-order valence-corrected chi connectivity index (χ0v) is 12.2. The zero-order valence-electron chi connectivity index (χ0n) is 12.2. The fraction of sp³-hybridized carbons (Fsp3) is 0.667. The second kappa shape index (κ2) is 5.78. The van der Waals surface area contributed by atoms with Gasteiger partial charge in [0.15, 0.2) is 0 Å². The molecule has 0 unspecified atom stereocenters. The Morgan fingerprint density at radius 2 is 1.89 bits per heavy atom. The summed E-state index contributed by atoms with van der Waals surface area (Å²) >= 11 is 0. The van der Waals surface area contributed by atoms with Crippen LogP contribution in [0.5, 0.6) is 0 Å². The van der Waals surface area contributed by atoms with E-state index in [0.29, 0.717) is 0 Å². The second-order valence-corrected chi connectivity index (χ2v) is 5.85. The van der Waals surface area contributed by atoms with E-state index in [1.807, 2.05) is 36.0 Å². The van der Waals surface area contributed by atoms with Gasteiger partial charge in [0.1, 0.15) is 6.04 Å². The summed E-state index contributed by atoms with van der Waals surface area (Å²) in [6, 6.07) is 3.75. The van der Waals surface area contributed by atoms with Gasteiger partial charge in [-0.3, -0.25) is 4.79 Å². The van der Waals surface area contributed by atoms with Crippen molar-refractivity contribution in [2.75, 3.05) is 20.6 Å². The van der Waals surface area contributed by atoms with Crippen LogP contribution in [0.2, 0.25) is 0 Å². The maximum absolute atomic E-state index is 12.2. The van der Waals surface area contributed by atoms with Crippen LogP contribution in [-0.4, -0.2) is 41.6 Å². The van der Waals surface area contributed by atoms with Crippen molar-refractivity contribution < 1.29 is 4.79 Å². The van der Waals surface area contributed by atoms with Crippen LogP contribution in [-0.2, 0) is 4.79 Å². The summed E-state index contributed by atoms with van der Waals surface area (Å²) in [5.41, 5.74) is 0.159. The van der Waals surface area contributed by atoms with Gasteiger partial charge in [0.25, 0.3) is 0 Å². The van der Waals surface area contributed by atoms with Crippen molar-refractivity contribution in [3.63, 3.8) is 0 Å². The van der Waals surface area contributed by atoms with Gasteiger partial charge in [-0.25, -0.2) is 0 Å². The number of carbonyl (C=O) groups is 1. The van der Waals surface area contributed by atoms with E-state index >= 15 is 0 Å². The number of amides is 1. The van der Waals surface area contributed by atoms with Crippen LogP contribution in [0.4, 0.5) is 0 Å². The van der Waals surface area contributed by atoms with Gasteiger partial charge in [0.05, 0.1) is 0 Å². The summed E-state index contributed by atoms with van der Waals surface area (Å²) in [7, 11) is 4.24. The molecule has 1 amide bonds. The highest BCUT2D eigenvalue weighted by Gasteiger charge is 2.36. The number of nitrogens with one attached hydrogen (secondary N) is 1. The molecule has 1 aliphatic rings. The van der Waals surface area contributed by atoms with Gasteiger partial charge in [0.2, 0.25) is 5.91 Å². The molecule has 1 fully saturated rings. The van der Waals surface area contributed by atoms with Crippen LogP contribution in [0.3, 0.4) is 0 Å². The van der Waals surface area contributed by atoms with Gasteiger partial charge < -0.3 is 14.8 Å². The Bertz CT molecular complexity index is 405. The minimum Gasteiger partial charge on any atom is -0.352 e. The zero-order chi connectivity index (χ0) is 13.9. The number of aromatic nitrogens is 1. The molecule has 0 spiro atoms. The average molecular weight is 263 g/mol. The Hall–Kier alpha value is -1.29. The summed E-state index contributed by atoms with van der Waals surface area (Å²) in [6.07, 6.45) is 8.75. The van der Waals surface area contributed by atoms with Gasteiger partial charge in [0, 0.05) is 24.5 Å². The van der Waals surface area contributed by atoms with E-state index in [0.717, 1.165) is 6.54 Å². The fourth-order valence-corrected chi connectivity index (χ4v) is 2.96. The van der Waals surface area contributed by atoms with Crippen molar-refractivity contribution in [2.24, 2.45) is 0 Å². The SMILES string of the molecule is C[C@@H](C(=O)NCC1(N(C)C)CCCC1)n1cccc1. The number of likely N-dealkylation sites (N-methyl/N-ethyl adjacent to an activating group) is 1. The van der Waals surface area contributed by atoms with Crippen molar-refractivity contribution in [3.05, 3.63) is 24.5 Å². The third kappa shape index (κ3) is 3.00. The highest BCUT2D eigenvalue weighted by atomic mass is 16.2. The first kappa shape index (κ1) is 14.1. The largest absolute Gasteiger partial charge is 0.352 e. The summed E-state index contributed by atoms with van der Waals surface area (Å²) < 4.78 is 1.94. The smallest absolute Gasteiger partial charge is 0.242 e. The number of nitrogens with zero attached hydrogens (tertiary/aromatic N) is 2. The van der Waals surface area contributed by atoms with Crippen molar-refractivity contribution in [3.8, 4) is 0 Å². The van der Waals surface area contributed by atoms with E-state index < -0.39 is 0 Å². The first-order chi connectivity index (χ1) is 9.05. The fourth-order valence-electron chi connectivity index (χ4n) is 2.96. The molecule has 1 aromatic rings. The molecule has 1 atom stereocenters. The van der Waals surface area contributed by atoms with Crippen LogP contribution in [0, 0.1) is 0 Å². The molecule has 1 heterocycles. The van der Waals surface area contributed by atoms with E-state index in [1.54, 1.807) is 0 Å². The monoisotopic (exact) mass is 263 g/mol. The maximum Gasteiger partial charge on any atom is 0.242 e. The van der Waals surface area contributed by atoms with Crippen molar-refractivity contribution >= 4 is 5.91 Å². The molecule has 0 saturated heterocycles. The standard InChI is InChI=1S/C15H25N3O/c1-13(18-10-6-7-11-18)14(19)16-12-15(17(2)3)8-4-5-9-15/h6-7,10-11,13H,4-5,8-9,12H2,1-3H3,(H,16,19)/t13-/m0/s1. The lowest BCUT2D eigenvalue weighted by atomic mass is 9.96. The van der Waals surface area contributed by atoms with Gasteiger partial charge in [-0.2, -0.15) is 0 Å². The first-order valence-corrected chi connectivity index (χ1v) is 7.13. The highest BCUT2D eigenvalue weighted by Crippen LogP contribution is 2.33. The molecule has 0 radical (unpaired) electrons. The molecule has 1 aromatic heterocycles. The summed E-state index contributed by atoms with van der Waals surface area (Å²) in [5.74, 6) is 0.101. The number of hydrogen-bond acceptors (Lipinski definition) is 2. The lowest BCUT2D eigenvalue weighted by molar-refractivity contribution is -0.124. The summed E-state index contributed by atoms with van der Waals surface area (Å²) in [6.45, 7) is 2.69. The van der Waals surface area contributed by atoms with Crippen molar-refractivity contribution in [1.82, 2.24) is 14.8 Å². The highest BCUT2D eigenvalue weighted by molar-refractivity contribution is 5.80. The molecule has 1 aliphatic carbocycles. The molecule has 1 N–H and O–H groups in total. The summed E-state index contributed by atoms with van der Waals surface area (Å²) in [4.78, 5) is 14.5. The predicted octanol–water partition coefficient (Wildman–Crippen LogP) is 2.04. The lowest BCUT2D eigenvalue weighted by Crippen LogP contribution is -2.51. The van der Waals surface area contributed by atoms with E-state index in [9.17, 15) is 4.79 Å². The minimum atomic E-state index is -0.143. The average Bonchev–Trinajstić information content (AvgIpc) is 3.06. The second-order valence-electron chi connectivity index (χ2n) is 5.85. The van der Waals surface area contributed by atoms with Crippen LogP contribution in [0.1, 0.15) is 38.6 Å². The van der Waals surface area contributed by atoms with E-state index in [-0.39, 0.29) is 17.5 Å². The molecule has 1 saturated carbocycles. The van der Waals surface area contributed by atoms with Crippen molar-refractivity contribution in [1.29, 1.82) is 0 Å². The Balaban J connectivity index is 1.92. The van der Waals surface area contributed by atoms with Crippen LogP contribution >= 0.6 is 0 Å². The minimum absolute atomic E-state index is 0.101. The van der Waals surface area contributed by atoms with Crippen LogP contribution in [0.25, 0.3) is 0 Å². The molecule has 2 rings (SSSR count). The van der Waals surface area contributed by atoms with Gasteiger partial charge >= 0.3 is 0 Å². The van der Waals surface area contributed by atoms with Gasteiger partial charge in [-0.15, -0.1) is 0 Å². The Morgan fingerprint density at radius 3 is 2.42 bits per heavy atom. The molecule has 4 nitrogen and oxygen atoms in total. The maximum atomic E-state index is 12.2. The van der Waals surface area contributed by atoms with Crippen LogP contribution < -0.4 is 5.32 Å². The molecule has 19 heavy (non-hydrogen) atoms. The molecule has 0 aromatic carbocycles. The van der Waals surface area contributed by atoms with Gasteiger partial charge in [-0.05, 0) is 46.0 Å². The van der Waals surface area contributed by atoms with E-state index in [2.05, 4.69) is 24.3 Å². The lowest BCUT2D eigenvalue weighted by Gasteiger charge is -2.36. The Morgan fingerprint density at radius 1 is 1.32 bits per heavy atom. The number of rotatable bonds is 5. The molecule has 106 valence electrons. The van der Waals surface area contributed by atoms with E-state index in [4.69, 9.17) is 0 Å². The molecule has 0 bridgehead atoms.